The van der Waals surface area contributed by atoms with Gasteiger partial charge in [0.15, 0.2) is 6.10 Å². The molecule has 1 aromatic carbocycles. The van der Waals surface area contributed by atoms with Gasteiger partial charge in [0.2, 0.25) is 5.60 Å². The van der Waals surface area contributed by atoms with E-state index < -0.39 is 57.5 Å². The molecule has 1 unspecified atom stereocenters. The molecule has 2 aromatic rings. The summed E-state index contributed by atoms with van der Waals surface area (Å²) in [5.74, 6) is -1.99. The summed E-state index contributed by atoms with van der Waals surface area (Å²) < 4.78 is 24.1. The van der Waals surface area contributed by atoms with Crippen LogP contribution in [0.3, 0.4) is 0 Å². The lowest BCUT2D eigenvalue weighted by atomic mass is 9.47. The van der Waals surface area contributed by atoms with Gasteiger partial charge in [0.25, 0.3) is 0 Å². The highest BCUT2D eigenvalue weighted by molar-refractivity contribution is 5.94. The maximum absolute atomic E-state index is 15.5. The Morgan fingerprint density at radius 1 is 1.08 bits per heavy atom. The predicted octanol–water partition coefficient (Wildman–Crippen LogP) is 3.90. The lowest BCUT2D eigenvalue weighted by Gasteiger charge is -2.63. The van der Waals surface area contributed by atoms with Gasteiger partial charge < -0.3 is 39.0 Å². The SMILES string of the molecule is CC[C@]1(O)C[C@@H]2CN(CCc3c([nH]c4ccccc34)[C@@]3(C2)C(=O)OCC=C2/C(=C\C3=C\OC)[C@@]34CCN5CC=C[C@@](CC)([C@@H](OC(C)=O)[C@](O)(C(=O)OC)[C@@H]3N2C)[C@H]54)C1. The Bertz CT molecular complexity index is 2210. The first-order chi connectivity index (χ1) is 28.3. The zero-order chi connectivity index (χ0) is 41.7. The Kier molecular flexibility index (Phi) is 9.54. The highest BCUT2D eigenvalue weighted by atomic mass is 16.6. The molecule has 9 rings (SSSR count). The zero-order valence-electron chi connectivity index (χ0n) is 35.1. The lowest BCUT2D eigenvalue weighted by molar-refractivity contribution is -0.243. The number of piperidine rings is 1. The van der Waals surface area contributed by atoms with Crippen molar-refractivity contribution in [3.05, 3.63) is 82.9 Å². The maximum atomic E-state index is 15.5. The van der Waals surface area contributed by atoms with E-state index in [0.717, 1.165) is 27.7 Å². The van der Waals surface area contributed by atoms with Crippen molar-refractivity contribution in [2.75, 3.05) is 60.6 Å². The normalized spacial score (nSPS) is 40.4. The molecule has 7 aliphatic rings. The van der Waals surface area contributed by atoms with Crippen LogP contribution in [-0.4, -0.2) is 138 Å². The number of allylic oxidation sites excluding steroid dienone is 2. The number of aromatic nitrogens is 1. The number of esters is 3. The number of cyclic esters (lactones) is 1. The largest absolute Gasteiger partial charge is 0.504 e. The van der Waals surface area contributed by atoms with E-state index >= 15 is 4.79 Å². The fraction of sp³-hybridized carbons (Fsp3) is 0.587. The number of fused-ring (bicyclic) bond motifs is 7. The molecule has 10 atom stereocenters. The van der Waals surface area contributed by atoms with Crippen LogP contribution in [0.1, 0.15) is 64.1 Å². The molecule has 13 nitrogen and oxygen atoms in total. The van der Waals surface area contributed by atoms with Gasteiger partial charge in [-0.2, -0.15) is 0 Å². The van der Waals surface area contributed by atoms with Crippen molar-refractivity contribution in [1.82, 2.24) is 19.7 Å². The number of para-hydroxylation sites is 1. The smallest absolute Gasteiger partial charge is 0.344 e. The van der Waals surface area contributed by atoms with E-state index in [1.165, 1.54) is 14.0 Å². The average Bonchev–Trinajstić information content (AvgIpc) is 3.88. The van der Waals surface area contributed by atoms with Crippen LogP contribution in [0.4, 0.5) is 0 Å². The summed E-state index contributed by atoms with van der Waals surface area (Å²) in [6.45, 7) is 8.54. The first-order valence-corrected chi connectivity index (χ1v) is 21.3. The van der Waals surface area contributed by atoms with E-state index in [2.05, 4.69) is 39.1 Å². The zero-order valence-corrected chi connectivity index (χ0v) is 35.1. The minimum Gasteiger partial charge on any atom is -0.504 e. The van der Waals surface area contributed by atoms with E-state index in [9.17, 15) is 19.8 Å². The minimum atomic E-state index is -2.31. The molecule has 316 valence electrons. The van der Waals surface area contributed by atoms with Crippen LogP contribution < -0.4 is 0 Å². The number of ether oxygens (including phenoxy) is 4. The fourth-order valence-corrected chi connectivity index (χ4v) is 13.4. The summed E-state index contributed by atoms with van der Waals surface area (Å²) in [6.07, 6.45) is 11.6. The Balaban J connectivity index is 1.35. The molecule has 7 heterocycles. The van der Waals surface area contributed by atoms with Gasteiger partial charge in [-0.1, -0.05) is 44.2 Å². The van der Waals surface area contributed by atoms with Gasteiger partial charge >= 0.3 is 17.9 Å². The molecule has 3 N–H and O–H groups in total. The summed E-state index contributed by atoms with van der Waals surface area (Å²) in [4.78, 5) is 53.3. The van der Waals surface area contributed by atoms with Crippen LogP contribution >= 0.6 is 0 Å². The molecule has 13 heteroatoms. The number of carbonyl (C=O) groups is 3. The molecule has 1 aliphatic carbocycles. The fourth-order valence-electron chi connectivity index (χ4n) is 13.4. The number of nitrogens with zero attached hydrogens (tertiary/aromatic N) is 3. The predicted molar refractivity (Wildman–Crippen MR) is 219 cm³/mol. The number of likely N-dealkylation sites (tertiary alicyclic amines) is 1. The number of carbonyl (C=O) groups excluding carboxylic acids is 3. The molecule has 6 aliphatic heterocycles. The Hall–Kier alpha value is -4.43. The molecule has 1 aromatic heterocycles. The number of aromatic amines is 1. The van der Waals surface area contributed by atoms with Crippen molar-refractivity contribution in [3.63, 3.8) is 0 Å². The molecule has 0 radical (unpaired) electrons. The molecule has 2 spiro atoms. The molecule has 0 amide bonds. The van der Waals surface area contributed by atoms with Gasteiger partial charge in [0, 0.05) is 84.9 Å². The van der Waals surface area contributed by atoms with Crippen LogP contribution in [0.2, 0.25) is 0 Å². The summed E-state index contributed by atoms with van der Waals surface area (Å²) in [5.41, 5.74) is -1.75. The van der Waals surface area contributed by atoms with Crippen LogP contribution in [0.25, 0.3) is 10.9 Å². The van der Waals surface area contributed by atoms with Gasteiger partial charge in [0.05, 0.1) is 32.1 Å². The molecule has 59 heavy (non-hydrogen) atoms. The second-order valence-electron chi connectivity index (χ2n) is 18.2. The number of H-pyrrole nitrogens is 1. The monoisotopic (exact) mass is 810 g/mol. The van der Waals surface area contributed by atoms with Crippen molar-refractivity contribution in [2.45, 2.75) is 94.1 Å². The van der Waals surface area contributed by atoms with Gasteiger partial charge in [-0.3, -0.25) is 19.4 Å². The van der Waals surface area contributed by atoms with Crippen molar-refractivity contribution >= 4 is 28.8 Å². The van der Waals surface area contributed by atoms with Crippen LogP contribution in [0, 0.1) is 16.7 Å². The second-order valence-corrected chi connectivity index (χ2v) is 18.2. The third-order valence-electron chi connectivity index (χ3n) is 15.4. The number of hydrogen-bond acceptors (Lipinski definition) is 12. The van der Waals surface area contributed by atoms with Gasteiger partial charge in [0.1, 0.15) is 12.0 Å². The molecule has 3 saturated heterocycles. The van der Waals surface area contributed by atoms with E-state index in [0.29, 0.717) is 82.5 Å². The summed E-state index contributed by atoms with van der Waals surface area (Å²) in [6, 6.07) is 6.88. The van der Waals surface area contributed by atoms with Gasteiger partial charge in [-0.15, -0.1) is 0 Å². The third kappa shape index (κ3) is 5.39. The molecule has 1 saturated carbocycles. The van der Waals surface area contributed by atoms with Gasteiger partial charge in [-0.05, 0) is 80.3 Å². The number of benzene rings is 1. The summed E-state index contributed by atoms with van der Waals surface area (Å²) in [5, 5.41) is 26.4. The minimum absolute atomic E-state index is 0.0802. The Morgan fingerprint density at radius 3 is 2.61 bits per heavy atom. The number of aliphatic hydroxyl groups is 2. The number of likely N-dealkylation sites (N-methyl/N-ethyl adjacent to an activating group) is 1. The van der Waals surface area contributed by atoms with Crippen molar-refractivity contribution in [3.8, 4) is 0 Å². The summed E-state index contributed by atoms with van der Waals surface area (Å²) >= 11 is 0. The van der Waals surface area contributed by atoms with E-state index in [1.807, 2.05) is 50.1 Å². The third-order valence-corrected chi connectivity index (χ3v) is 15.4. The molecular formula is C46H58N4O9. The number of hydrogen-bond donors (Lipinski definition) is 3. The first kappa shape index (κ1) is 40.0. The van der Waals surface area contributed by atoms with E-state index in [1.54, 1.807) is 13.4 Å². The molecular weight excluding hydrogens is 753 g/mol. The second kappa shape index (κ2) is 14.1. The van der Waals surface area contributed by atoms with Crippen molar-refractivity contribution in [2.24, 2.45) is 16.7 Å². The first-order valence-electron chi connectivity index (χ1n) is 21.3. The number of methoxy groups -OCH3 is 2. The Labute approximate surface area is 345 Å². The highest BCUT2D eigenvalue weighted by Gasteiger charge is 2.81. The molecule has 4 fully saturated rings. The maximum Gasteiger partial charge on any atom is 0.344 e. The van der Waals surface area contributed by atoms with E-state index in [-0.39, 0.29) is 18.6 Å². The quantitative estimate of drug-likeness (QED) is 0.174. The standard InChI is InChI=1S/C46H58N4O9/c1-7-42(54)23-29-24-45(36-32(14-19-49(25-29)27-42)31-12-9-10-13-34(31)47-36)30(26-56-5)22-33-35(15-21-58-40(45)52)48(4)38-44(33)17-20-50-18-11-16-43(8-2,37(44)50)39(59-28(3)51)46(38,55)41(53)57-6/h9-13,15-16,22,26,29,37-39,47,54-55H,7-8,14,17-21,23-25,27H2,1-6H3/b30-26-,33-22+,35-15?/t29-,37-,38+,39+,42-,43+,44+,45-,46-/m0/s1. The van der Waals surface area contributed by atoms with Gasteiger partial charge in [-0.25, -0.2) is 4.79 Å². The average molecular weight is 811 g/mol. The van der Waals surface area contributed by atoms with Crippen LogP contribution in [-0.2, 0) is 45.2 Å². The van der Waals surface area contributed by atoms with Crippen LogP contribution in [0.15, 0.2) is 71.7 Å². The number of rotatable bonds is 5. The van der Waals surface area contributed by atoms with Crippen molar-refractivity contribution < 1.29 is 43.5 Å². The van der Waals surface area contributed by atoms with Crippen molar-refractivity contribution in [1.29, 1.82) is 0 Å². The lowest BCUT2D eigenvalue weighted by Crippen LogP contribution is -2.79. The highest BCUT2D eigenvalue weighted by Crippen LogP contribution is 2.69. The Morgan fingerprint density at radius 2 is 1.88 bits per heavy atom. The summed E-state index contributed by atoms with van der Waals surface area (Å²) in [7, 11) is 4.69. The number of nitrogens with one attached hydrogen (secondary N) is 1. The molecule has 2 bridgehead atoms. The topological polar surface area (TPSA) is 154 Å². The van der Waals surface area contributed by atoms with E-state index in [4.69, 9.17) is 18.9 Å². The van der Waals surface area contributed by atoms with Crippen LogP contribution in [0.5, 0.6) is 0 Å².